The van der Waals surface area contributed by atoms with Crippen LogP contribution in [-0.4, -0.2) is 19.1 Å². The van der Waals surface area contributed by atoms with Crippen LogP contribution in [0.2, 0.25) is 0 Å². The number of aromatic amines is 1. The highest BCUT2D eigenvalue weighted by Crippen LogP contribution is 2.09. The highest BCUT2D eigenvalue weighted by molar-refractivity contribution is 5.75. The highest BCUT2D eigenvalue weighted by Gasteiger charge is 2.11. The van der Waals surface area contributed by atoms with Gasteiger partial charge in [-0.05, 0) is 18.2 Å². The zero-order valence-corrected chi connectivity index (χ0v) is 11.0. The molecule has 0 aliphatic carbocycles. The van der Waals surface area contributed by atoms with E-state index in [0.717, 1.165) is 10.1 Å². The van der Waals surface area contributed by atoms with Gasteiger partial charge in [-0.2, -0.15) is 0 Å². The maximum absolute atomic E-state index is 12.0. The van der Waals surface area contributed by atoms with Gasteiger partial charge in [0.15, 0.2) is 5.65 Å². The molecule has 7 heteroatoms. The van der Waals surface area contributed by atoms with Crippen LogP contribution in [0.5, 0.6) is 0 Å². The fourth-order valence-corrected chi connectivity index (χ4v) is 1.97. The Balaban J connectivity index is 2.17. The summed E-state index contributed by atoms with van der Waals surface area (Å²) >= 11 is 0. The van der Waals surface area contributed by atoms with Crippen molar-refractivity contribution < 1.29 is 4.42 Å². The third kappa shape index (κ3) is 1.80. The first-order valence-corrected chi connectivity index (χ1v) is 5.94. The minimum Gasteiger partial charge on any atom is -0.472 e. The molecule has 0 unspecified atom stereocenters. The summed E-state index contributed by atoms with van der Waals surface area (Å²) in [6.45, 7) is 0. The second-order valence-corrected chi connectivity index (χ2v) is 4.42. The molecular weight excluding hydrogens is 260 g/mol. The molecule has 0 aliphatic rings. The normalized spacial score (nSPS) is 11.7. The summed E-state index contributed by atoms with van der Waals surface area (Å²) in [4.78, 5) is 31.0. The Bertz CT molecular complexity index is 910. The fraction of sp³-hybridized carbons (Fsp3) is 0.154. The first-order valence-electron chi connectivity index (χ1n) is 5.94. The van der Waals surface area contributed by atoms with Gasteiger partial charge in [0.05, 0.1) is 12.5 Å². The van der Waals surface area contributed by atoms with Crippen molar-refractivity contribution in [3.05, 3.63) is 50.8 Å². The van der Waals surface area contributed by atoms with Crippen LogP contribution in [0.25, 0.3) is 23.3 Å². The molecule has 1 N–H and O–H groups in total. The number of fused-ring (bicyclic) bond motifs is 1. The molecule has 3 aromatic rings. The maximum atomic E-state index is 12.0. The lowest BCUT2D eigenvalue weighted by Crippen LogP contribution is -2.36. The van der Waals surface area contributed by atoms with E-state index < -0.39 is 11.2 Å². The average molecular weight is 272 g/mol. The third-order valence-corrected chi connectivity index (χ3v) is 3.09. The lowest BCUT2D eigenvalue weighted by molar-refractivity contribution is 0.567. The van der Waals surface area contributed by atoms with Crippen molar-refractivity contribution in [1.82, 2.24) is 19.1 Å². The van der Waals surface area contributed by atoms with Gasteiger partial charge < -0.3 is 9.40 Å². The molecule has 0 radical (unpaired) electrons. The van der Waals surface area contributed by atoms with Crippen molar-refractivity contribution in [2.24, 2.45) is 14.1 Å². The van der Waals surface area contributed by atoms with Crippen LogP contribution >= 0.6 is 0 Å². The van der Waals surface area contributed by atoms with Crippen LogP contribution in [0.4, 0.5) is 0 Å². The fourth-order valence-electron chi connectivity index (χ4n) is 1.97. The van der Waals surface area contributed by atoms with E-state index in [9.17, 15) is 9.59 Å². The molecule has 0 aliphatic heterocycles. The quantitative estimate of drug-likeness (QED) is 0.745. The predicted molar refractivity (Wildman–Crippen MR) is 74.2 cm³/mol. The minimum atomic E-state index is -0.403. The standard InChI is InChI=1S/C13H12N4O3/c1-16-11-10(12(18)17(2)13(16)19)14-9(15-11)4-3-8-5-6-20-7-8/h3-7H,1-2H3,(H,14,15)/b4-3+. The molecule has 0 bridgehead atoms. The highest BCUT2D eigenvalue weighted by atomic mass is 16.3. The number of imidazole rings is 1. The zero-order valence-electron chi connectivity index (χ0n) is 11.0. The molecule has 3 heterocycles. The van der Waals surface area contributed by atoms with Gasteiger partial charge in [-0.3, -0.25) is 13.9 Å². The van der Waals surface area contributed by atoms with Crippen molar-refractivity contribution in [3.63, 3.8) is 0 Å². The average Bonchev–Trinajstić information content (AvgIpc) is 3.09. The number of aromatic nitrogens is 4. The summed E-state index contributed by atoms with van der Waals surface area (Å²) in [5, 5.41) is 0. The molecule has 0 spiro atoms. The summed E-state index contributed by atoms with van der Waals surface area (Å²) in [5.74, 6) is 0.500. The minimum absolute atomic E-state index is 0.307. The molecular formula is C13H12N4O3. The van der Waals surface area contributed by atoms with Crippen molar-refractivity contribution in [3.8, 4) is 0 Å². The first kappa shape index (κ1) is 12.2. The van der Waals surface area contributed by atoms with Crippen molar-refractivity contribution in [2.45, 2.75) is 0 Å². The van der Waals surface area contributed by atoms with Crippen LogP contribution in [0.1, 0.15) is 11.4 Å². The molecule has 102 valence electrons. The van der Waals surface area contributed by atoms with Crippen molar-refractivity contribution >= 4 is 23.3 Å². The van der Waals surface area contributed by atoms with E-state index in [1.807, 2.05) is 0 Å². The molecule has 0 saturated heterocycles. The van der Waals surface area contributed by atoms with Gasteiger partial charge in [0, 0.05) is 19.7 Å². The Kier molecular flexibility index (Phi) is 2.67. The lowest BCUT2D eigenvalue weighted by atomic mass is 10.3. The monoisotopic (exact) mass is 272 g/mol. The number of nitrogens with zero attached hydrogens (tertiary/aromatic N) is 3. The number of furan rings is 1. The largest absolute Gasteiger partial charge is 0.472 e. The third-order valence-electron chi connectivity index (χ3n) is 3.09. The number of H-pyrrole nitrogens is 1. The number of hydrogen-bond donors (Lipinski definition) is 1. The Morgan fingerprint density at radius 2 is 2.05 bits per heavy atom. The number of hydrogen-bond acceptors (Lipinski definition) is 4. The Hall–Kier alpha value is -2.83. The predicted octanol–water partition coefficient (Wildman–Crippen LogP) is 0.724. The van der Waals surface area contributed by atoms with Gasteiger partial charge in [-0.25, -0.2) is 9.78 Å². The maximum Gasteiger partial charge on any atom is 0.332 e. The van der Waals surface area contributed by atoms with E-state index in [4.69, 9.17) is 4.42 Å². The molecule has 20 heavy (non-hydrogen) atoms. The van der Waals surface area contributed by atoms with Crippen LogP contribution in [-0.2, 0) is 14.1 Å². The van der Waals surface area contributed by atoms with Gasteiger partial charge >= 0.3 is 5.69 Å². The summed E-state index contributed by atoms with van der Waals surface area (Å²) in [5.41, 5.74) is 0.733. The molecule has 0 aromatic carbocycles. The van der Waals surface area contributed by atoms with Gasteiger partial charge in [-0.15, -0.1) is 0 Å². The van der Waals surface area contributed by atoms with E-state index in [1.54, 1.807) is 37.8 Å². The summed E-state index contributed by atoms with van der Waals surface area (Å²) in [7, 11) is 3.01. The molecule has 0 amide bonds. The lowest BCUT2D eigenvalue weighted by Gasteiger charge is -2.00. The van der Waals surface area contributed by atoms with Gasteiger partial charge in [0.1, 0.15) is 11.3 Å². The summed E-state index contributed by atoms with van der Waals surface area (Å²) < 4.78 is 7.33. The Labute approximate surface area is 112 Å². The number of nitrogens with one attached hydrogen (secondary N) is 1. The number of aryl methyl sites for hydroxylation is 1. The molecule has 7 nitrogen and oxygen atoms in total. The molecule has 0 atom stereocenters. The van der Waals surface area contributed by atoms with Gasteiger partial charge in [0.25, 0.3) is 5.56 Å². The van der Waals surface area contributed by atoms with Crippen LogP contribution in [0.3, 0.4) is 0 Å². The SMILES string of the molecule is Cn1c(=O)c2[nH]c(/C=C/c3ccoc3)nc2n(C)c1=O. The van der Waals surface area contributed by atoms with E-state index >= 15 is 0 Å². The van der Waals surface area contributed by atoms with E-state index in [0.29, 0.717) is 17.0 Å². The topological polar surface area (TPSA) is 85.8 Å². The van der Waals surface area contributed by atoms with Crippen molar-refractivity contribution in [1.29, 1.82) is 0 Å². The van der Waals surface area contributed by atoms with Crippen molar-refractivity contribution in [2.75, 3.05) is 0 Å². The second-order valence-electron chi connectivity index (χ2n) is 4.42. The first-order chi connectivity index (χ1) is 9.58. The Morgan fingerprint density at radius 3 is 2.75 bits per heavy atom. The second kappa shape index (κ2) is 4.37. The summed E-state index contributed by atoms with van der Waals surface area (Å²) in [6, 6.07) is 1.80. The molecule has 3 aromatic heterocycles. The van der Waals surface area contributed by atoms with Gasteiger partial charge in [-0.1, -0.05) is 0 Å². The van der Waals surface area contributed by atoms with Crippen LogP contribution in [0, 0.1) is 0 Å². The van der Waals surface area contributed by atoms with E-state index in [2.05, 4.69) is 9.97 Å². The van der Waals surface area contributed by atoms with Crippen LogP contribution < -0.4 is 11.2 Å². The molecule has 0 fully saturated rings. The molecule has 0 saturated carbocycles. The smallest absolute Gasteiger partial charge is 0.332 e. The molecule has 3 rings (SSSR count). The van der Waals surface area contributed by atoms with Crippen LogP contribution in [0.15, 0.2) is 32.6 Å². The number of rotatable bonds is 2. The zero-order chi connectivity index (χ0) is 14.3. The van der Waals surface area contributed by atoms with E-state index in [1.165, 1.54) is 11.6 Å². The van der Waals surface area contributed by atoms with E-state index in [-0.39, 0.29) is 0 Å². The van der Waals surface area contributed by atoms with Gasteiger partial charge in [0.2, 0.25) is 0 Å². The summed E-state index contributed by atoms with van der Waals surface area (Å²) in [6.07, 6.45) is 6.67. The Morgan fingerprint density at radius 1 is 1.25 bits per heavy atom.